The molecule has 0 radical (unpaired) electrons. The van der Waals surface area contributed by atoms with Crippen molar-refractivity contribution in [2.45, 2.75) is 39.4 Å². The van der Waals surface area contributed by atoms with E-state index in [1.165, 1.54) is 14.2 Å². The van der Waals surface area contributed by atoms with Crippen LogP contribution in [0.25, 0.3) is 0 Å². The van der Waals surface area contributed by atoms with Crippen LogP contribution >= 0.6 is 7.60 Å². The minimum Gasteiger partial charge on any atom is -0.311 e. The van der Waals surface area contributed by atoms with Gasteiger partial charge in [-0.1, -0.05) is 27.2 Å². The minimum absolute atomic E-state index is 0.118. The van der Waals surface area contributed by atoms with Crippen LogP contribution in [0, 0.1) is 0 Å². The van der Waals surface area contributed by atoms with Gasteiger partial charge in [-0.25, -0.2) is 0 Å². The molecule has 1 atom stereocenters. The second-order valence-corrected chi connectivity index (χ2v) is 5.80. The zero-order valence-electron chi connectivity index (χ0n) is 10.5. The van der Waals surface area contributed by atoms with Crippen LogP contribution in [0.5, 0.6) is 0 Å². The van der Waals surface area contributed by atoms with Crippen LogP contribution in [0.1, 0.15) is 33.6 Å². The summed E-state index contributed by atoms with van der Waals surface area (Å²) in [5, 5.41) is 0. The first-order valence-corrected chi connectivity index (χ1v) is 7.15. The van der Waals surface area contributed by atoms with Crippen LogP contribution in [-0.2, 0) is 13.6 Å². The van der Waals surface area contributed by atoms with Crippen LogP contribution in [0.3, 0.4) is 0 Å². The maximum Gasteiger partial charge on any atom is 0.347 e. The number of hydrogen-bond acceptors (Lipinski definition) is 4. The van der Waals surface area contributed by atoms with Gasteiger partial charge in [-0.2, -0.15) is 0 Å². The van der Waals surface area contributed by atoms with Gasteiger partial charge in [0.2, 0.25) is 0 Å². The lowest BCUT2D eigenvalue weighted by Crippen LogP contribution is -2.35. The van der Waals surface area contributed by atoms with Crippen molar-refractivity contribution in [3.05, 3.63) is 0 Å². The van der Waals surface area contributed by atoms with Crippen molar-refractivity contribution in [3.8, 4) is 0 Å². The van der Waals surface area contributed by atoms with Gasteiger partial charge in [0.25, 0.3) is 0 Å². The Morgan fingerprint density at radius 2 is 1.60 bits per heavy atom. The SMILES string of the molecule is CCCC(N(CC)CC)P(=O)(OC)OC. The summed E-state index contributed by atoms with van der Waals surface area (Å²) in [6.07, 6.45) is 1.80. The molecule has 0 aromatic rings. The Bertz CT molecular complexity index is 199. The predicted molar refractivity (Wildman–Crippen MR) is 63.2 cm³/mol. The van der Waals surface area contributed by atoms with E-state index < -0.39 is 7.60 Å². The lowest BCUT2D eigenvalue weighted by atomic mass is 10.3. The molecule has 0 fully saturated rings. The molecule has 0 saturated carbocycles. The molecule has 4 nitrogen and oxygen atoms in total. The van der Waals surface area contributed by atoms with E-state index in [4.69, 9.17) is 9.05 Å². The summed E-state index contributed by atoms with van der Waals surface area (Å²) in [5.74, 6) is -0.118. The molecule has 0 saturated heterocycles. The van der Waals surface area contributed by atoms with E-state index in [2.05, 4.69) is 25.7 Å². The van der Waals surface area contributed by atoms with Crippen molar-refractivity contribution in [1.29, 1.82) is 0 Å². The lowest BCUT2D eigenvalue weighted by Gasteiger charge is -2.33. The molecule has 0 N–H and O–H groups in total. The van der Waals surface area contributed by atoms with Gasteiger partial charge < -0.3 is 9.05 Å². The van der Waals surface area contributed by atoms with Crippen LogP contribution < -0.4 is 0 Å². The fourth-order valence-electron chi connectivity index (χ4n) is 1.76. The van der Waals surface area contributed by atoms with E-state index in [-0.39, 0.29) is 5.78 Å². The van der Waals surface area contributed by atoms with Gasteiger partial charge in [0, 0.05) is 14.2 Å². The smallest absolute Gasteiger partial charge is 0.311 e. The maximum absolute atomic E-state index is 12.3. The average molecular weight is 237 g/mol. The van der Waals surface area contributed by atoms with Gasteiger partial charge in [-0.05, 0) is 19.5 Å². The Kier molecular flexibility index (Phi) is 7.45. The third kappa shape index (κ3) is 3.87. The van der Waals surface area contributed by atoms with Crippen LogP contribution in [0.2, 0.25) is 0 Å². The molecule has 0 aromatic heterocycles. The molecule has 0 aliphatic rings. The summed E-state index contributed by atoms with van der Waals surface area (Å²) < 4.78 is 22.5. The summed E-state index contributed by atoms with van der Waals surface area (Å²) in [6.45, 7) is 7.91. The number of nitrogens with zero attached hydrogens (tertiary/aromatic N) is 1. The molecule has 1 unspecified atom stereocenters. The fourth-order valence-corrected chi connectivity index (χ4v) is 3.70. The van der Waals surface area contributed by atoms with Crippen molar-refractivity contribution >= 4 is 7.60 Å². The first kappa shape index (κ1) is 15.1. The summed E-state index contributed by atoms with van der Waals surface area (Å²) in [4.78, 5) is 2.14. The lowest BCUT2D eigenvalue weighted by molar-refractivity contribution is 0.192. The molecule has 0 aliphatic carbocycles. The quantitative estimate of drug-likeness (QED) is 0.608. The second kappa shape index (κ2) is 7.39. The first-order chi connectivity index (χ1) is 7.09. The van der Waals surface area contributed by atoms with Gasteiger partial charge in [-0.15, -0.1) is 0 Å². The minimum atomic E-state index is -2.97. The zero-order chi connectivity index (χ0) is 11.9. The monoisotopic (exact) mass is 237 g/mol. The number of hydrogen-bond donors (Lipinski definition) is 0. The van der Waals surface area contributed by atoms with E-state index in [0.717, 1.165) is 25.9 Å². The van der Waals surface area contributed by atoms with E-state index in [1.54, 1.807) is 0 Å². The fraction of sp³-hybridized carbons (Fsp3) is 1.00. The van der Waals surface area contributed by atoms with Gasteiger partial charge >= 0.3 is 7.60 Å². The van der Waals surface area contributed by atoms with Gasteiger partial charge in [0.15, 0.2) is 0 Å². The van der Waals surface area contributed by atoms with Gasteiger partial charge in [0.1, 0.15) is 5.78 Å². The average Bonchev–Trinajstić information content (AvgIpc) is 2.28. The standard InChI is InChI=1S/C10H24NO3P/c1-6-9-10(11(7-2)8-3)15(12,13-4)14-5/h10H,6-9H2,1-5H3. The van der Waals surface area contributed by atoms with Crippen molar-refractivity contribution in [2.75, 3.05) is 27.3 Å². The van der Waals surface area contributed by atoms with Crippen LogP contribution in [-0.4, -0.2) is 38.0 Å². The summed E-state index contributed by atoms with van der Waals surface area (Å²) in [5.41, 5.74) is 0. The Morgan fingerprint density at radius 1 is 1.13 bits per heavy atom. The van der Waals surface area contributed by atoms with E-state index in [1.807, 2.05) is 0 Å². The Balaban J connectivity index is 4.83. The Hall–Kier alpha value is 0.110. The molecule has 5 heteroatoms. The molecule has 0 aliphatic heterocycles. The topological polar surface area (TPSA) is 38.8 Å². The maximum atomic E-state index is 12.3. The van der Waals surface area contributed by atoms with Crippen molar-refractivity contribution in [3.63, 3.8) is 0 Å². The summed E-state index contributed by atoms with van der Waals surface area (Å²) in [6, 6.07) is 0. The Labute approximate surface area is 93.5 Å². The highest BCUT2D eigenvalue weighted by Crippen LogP contribution is 2.54. The normalized spacial score (nSPS) is 14.5. The highest BCUT2D eigenvalue weighted by molar-refractivity contribution is 7.54. The molecule has 0 bridgehead atoms. The second-order valence-electron chi connectivity index (χ2n) is 3.40. The van der Waals surface area contributed by atoms with Crippen molar-refractivity contribution in [1.82, 2.24) is 4.90 Å². The van der Waals surface area contributed by atoms with E-state index in [0.29, 0.717) is 0 Å². The summed E-state index contributed by atoms with van der Waals surface area (Å²) >= 11 is 0. The van der Waals surface area contributed by atoms with Gasteiger partial charge in [0.05, 0.1) is 0 Å². The molecule has 15 heavy (non-hydrogen) atoms. The predicted octanol–water partition coefficient (Wildman–Crippen LogP) is 2.94. The zero-order valence-corrected chi connectivity index (χ0v) is 11.4. The number of rotatable bonds is 8. The molecule has 0 heterocycles. The summed E-state index contributed by atoms with van der Waals surface area (Å²) in [7, 11) is -0.0615. The first-order valence-electron chi connectivity index (χ1n) is 5.54. The van der Waals surface area contributed by atoms with Crippen molar-refractivity contribution < 1.29 is 13.6 Å². The molecular weight excluding hydrogens is 213 g/mol. The third-order valence-electron chi connectivity index (χ3n) is 2.65. The van der Waals surface area contributed by atoms with Crippen LogP contribution in [0.4, 0.5) is 0 Å². The van der Waals surface area contributed by atoms with Crippen LogP contribution in [0.15, 0.2) is 0 Å². The Morgan fingerprint density at radius 3 is 1.87 bits per heavy atom. The molecule has 0 spiro atoms. The molecule has 92 valence electrons. The van der Waals surface area contributed by atoms with E-state index >= 15 is 0 Å². The molecule has 0 amide bonds. The third-order valence-corrected chi connectivity index (χ3v) is 4.99. The highest BCUT2D eigenvalue weighted by Gasteiger charge is 2.36. The van der Waals surface area contributed by atoms with Crippen molar-refractivity contribution in [2.24, 2.45) is 0 Å². The van der Waals surface area contributed by atoms with Gasteiger partial charge in [-0.3, -0.25) is 9.46 Å². The molecule has 0 aromatic carbocycles. The van der Waals surface area contributed by atoms with E-state index in [9.17, 15) is 4.57 Å². The molecule has 0 rings (SSSR count). The highest BCUT2D eigenvalue weighted by atomic mass is 31.2. The largest absolute Gasteiger partial charge is 0.347 e. The molecular formula is C10H24NO3P.